The van der Waals surface area contributed by atoms with Crippen molar-refractivity contribution in [3.63, 3.8) is 0 Å². The lowest BCUT2D eigenvalue weighted by atomic mass is 10.0. The number of ether oxygens (including phenoxy) is 1. The third-order valence-corrected chi connectivity index (χ3v) is 4.05. The monoisotopic (exact) mass is 277 g/mol. The Morgan fingerprint density at radius 2 is 2.00 bits per heavy atom. The SMILES string of the molecule is CCCc1ccc(C(O)CN2CC(C)OCC2C)cc1. The summed E-state index contributed by atoms with van der Waals surface area (Å²) in [5.74, 6) is 0. The van der Waals surface area contributed by atoms with Crippen molar-refractivity contribution in [1.29, 1.82) is 0 Å². The van der Waals surface area contributed by atoms with Crippen LogP contribution in [0, 0.1) is 0 Å². The molecule has 0 spiro atoms. The normalized spacial score (nSPS) is 25.6. The van der Waals surface area contributed by atoms with Gasteiger partial charge in [-0.25, -0.2) is 0 Å². The fourth-order valence-corrected chi connectivity index (χ4v) is 2.75. The summed E-state index contributed by atoms with van der Waals surface area (Å²) in [4.78, 5) is 2.32. The number of β-amino-alcohol motifs (C(OH)–C–C–N with tert-alkyl or cyclic N) is 1. The molecule has 0 saturated carbocycles. The number of hydrogen-bond donors (Lipinski definition) is 1. The van der Waals surface area contributed by atoms with E-state index >= 15 is 0 Å². The van der Waals surface area contributed by atoms with Gasteiger partial charge in [-0.2, -0.15) is 0 Å². The molecule has 3 nitrogen and oxygen atoms in total. The van der Waals surface area contributed by atoms with Gasteiger partial charge in [0, 0.05) is 19.1 Å². The molecule has 20 heavy (non-hydrogen) atoms. The van der Waals surface area contributed by atoms with Gasteiger partial charge in [0.25, 0.3) is 0 Å². The van der Waals surface area contributed by atoms with E-state index in [2.05, 4.69) is 49.9 Å². The highest BCUT2D eigenvalue weighted by atomic mass is 16.5. The first-order valence-corrected chi connectivity index (χ1v) is 7.72. The van der Waals surface area contributed by atoms with Gasteiger partial charge in [0.2, 0.25) is 0 Å². The van der Waals surface area contributed by atoms with Gasteiger partial charge in [0.05, 0.1) is 18.8 Å². The molecule has 0 aromatic heterocycles. The Labute approximate surface area is 122 Å². The summed E-state index contributed by atoms with van der Waals surface area (Å²) in [6.45, 7) is 8.76. The molecule has 1 aromatic carbocycles. The lowest BCUT2D eigenvalue weighted by Gasteiger charge is -2.37. The van der Waals surface area contributed by atoms with Gasteiger partial charge >= 0.3 is 0 Å². The standard InChI is InChI=1S/C17H27NO2/c1-4-5-15-6-8-16(9-7-15)17(19)11-18-10-14(3)20-12-13(18)2/h6-9,13-14,17,19H,4-5,10-12H2,1-3H3. The average molecular weight is 277 g/mol. The lowest BCUT2D eigenvalue weighted by molar-refractivity contribution is -0.0619. The summed E-state index contributed by atoms with van der Waals surface area (Å²) in [6.07, 6.45) is 2.10. The van der Waals surface area contributed by atoms with Crippen LogP contribution in [0.3, 0.4) is 0 Å². The van der Waals surface area contributed by atoms with Gasteiger partial charge in [-0.1, -0.05) is 37.6 Å². The Bertz CT molecular complexity index is 404. The van der Waals surface area contributed by atoms with E-state index in [0.29, 0.717) is 12.6 Å². The molecule has 1 aromatic rings. The molecule has 3 unspecified atom stereocenters. The summed E-state index contributed by atoms with van der Waals surface area (Å²) in [5, 5.41) is 10.4. The second-order valence-electron chi connectivity index (χ2n) is 5.95. The number of morpholine rings is 1. The molecule has 112 valence electrons. The third kappa shape index (κ3) is 4.05. The Morgan fingerprint density at radius 1 is 1.30 bits per heavy atom. The zero-order chi connectivity index (χ0) is 14.5. The lowest BCUT2D eigenvalue weighted by Crippen LogP contribution is -2.48. The highest BCUT2D eigenvalue weighted by molar-refractivity contribution is 5.24. The molecule has 0 bridgehead atoms. The van der Waals surface area contributed by atoms with Crippen LogP contribution < -0.4 is 0 Å². The molecule has 1 saturated heterocycles. The highest BCUT2D eigenvalue weighted by Crippen LogP contribution is 2.19. The third-order valence-electron chi connectivity index (χ3n) is 4.05. The van der Waals surface area contributed by atoms with Crippen LogP contribution in [0.25, 0.3) is 0 Å². The predicted molar refractivity (Wildman–Crippen MR) is 81.8 cm³/mol. The molecule has 0 radical (unpaired) electrons. The molecular formula is C17H27NO2. The van der Waals surface area contributed by atoms with Crippen molar-refractivity contribution in [3.8, 4) is 0 Å². The highest BCUT2D eigenvalue weighted by Gasteiger charge is 2.25. The summed E-state index contributed by atoms with van der Waals surface area (Å²) >= 11 is 0. The second kappa shape index (κ2) is 7.21. The first-order valence-electron chi connectivity index (χ1n) is 7.72. The number of aliphatic hydroxyl groups is 1. The molecule has 1 aliphatic heterocycles. The summed E-state index contributed by atoms with van der Waals surface area (Å²) in [7, 11) is 0. The van der Waals surface area contributed by atoms with Crippen LogP contribution in [0.15, 0.2) is 24.3 Å². The topological polar surface area (TPSA) is 32.7 Å². The minimum absolute atomic E-state index is 0.255. The first kappa shape index (κ1) is 15.5. The van der Waals surface area contributed by atoms with E-state index in [1.165, 1.54) is 5.56 Å². The summed E-state index contributed by atoms with van der Waals surface area (Å²) in [6, 6.07) is 8.76. The number of aryl methyl sites for hydroxylation is 1. The zero-order valence-corrected chi connectivity index (χ0v) is 12.9. The van der Waals surface area contributed by atoms with Crippen molar-refractivity contribution >= 4 is 0 Å². The molecule has 1 aliphatic rings. The second-order valence-corrected chi connectivity index (χ2v) is 5.95. The van der Waals surface area contributed by atoms with E-state index < -0.39 is 6.10 Å². The maximum atomic E-state index is 10.4. The number of hydrogen-bond acceptors (Lipinski definition) is 3. The Balaban J connectivity index is 1.94. The van der Waals surface area contributed by atoms with Crippen LogP contribution in [0.1, 0.15) is 44.4 Å². The van der Waals surface area contributed by atoms with Gasteiger partial charge in [0.1, 0.15) is 0 Å². The fraction of sp³-hybridized carbons (Fsp3) is 0.647. The molecule has 2 rings (SSSR count). The van der Waals surface area contributed by atoms with Gasteiger partial charge in [-0.3, -0.25) is 4.90 Å². The number of aliphatic hydroxyl groups excluding tert-OH is 1. The number of rotatable bonds is 5. The smallest absolute Gasteiger partial charge is 0.0917 e. The Morgan fingerprint density at radius 3 is 2.65 bits per heavy atom. The molecule has 1 heterocycles. The van der Waals surface area contributed by atoms with Crippen LogP contribution in [0.2, 0.25) is 0 Å². The van der Waals surface area contributed by atoms with Crippen molar-refractivity contribution < 1.29 is 9.84 Å². The largest absolute Gasteiger partial charge is 0.387 e. The van der Waals surface area contributed by atoms with E-state index in [1.807, 2.05) is 0 Å². The first-order chi connectivity index (χ1) is 9.60. The quantitative estimate of drug-likeness (QED) is 0.898. The molecule has 0 amide bonds. The molecule has 3 atom stereocenters. The number of benzene rings is 1. The van der Waals surface area contributed by atoms with Gasteiger partial charge < -0.3 is 9.84 Å². The van der Waals surface area contributed by atoms with Crippen molar-refractivity contribution in [2.45, 2.75) is 51.9 Å². The van der Waals surface area contributed by atoms with E-state index in [-0.39, 0.29) is 6.10 Å². The minimum Gasteiger partial charge on any atom is -0.387 e. The van der Waals surface area contributed by atoms with E-state index in [9.17, 15) is 5.11 Å². The minimum atomic E-state index is -0.418. The molecule has 3 heteroatoms. The maximum Gasteiger partial charge on any atom is 0.0917 e. The van der Waals surface area contributed by atoms with Crippen LogP contribution in [0.5, 0.6) is 0 Å². The fourth-order valence-electron chi connectivity index (χ4n) is 2.75. The van der Waals surface area contributed by atoms with Gasteiger partial charge in [0.15, 0.2) is 0 Å². The van der Waals surface area contributed by atoms with E-state index in [0.717, 1.165) is 31.6 Å². The van der Waals surface area contributed by atoms with Crippen molar-refractivity contribution in [3.05, 3.63) is 35.4 Å². The maximum absolute atomic E-state index is 10.4. The van der Waals surface area contributed by atoms with E-state index in [4.69, 9.17) is 4.74 Å². The molecule has 0 aliphatic carbocycles. The van der Waals surface area contributed by atoms with Crippen molar-refractivity contribution in [2.75, 3.05) is 19.7 Å². The molecule has 1 N–H and O–H groups in total. The zero-order valence-electron chi connectivity index (χ0n) is 12.9. The van der Waals surface area contributed by atoms with Crippen LogP contribution in [-0.4, -0.2) is 41.8 Å². The number of nitrogens with zero attached hydrogens (tertiary/aromatic N) is 1. The van der Waals surface area contributed by atoms with E-state index in [1.54, 1.807) is 0 Å². The van der Waals surface area contributed by atoms with Crippen LogP contribution >= 0.6 is 0 Å². The summed E-state index contributed by atoms with van der Waals surface area (Å²) in [5.41, 5.74) is 2.35. The summed E-state index contributed by atoms with van der Waals surface area (Å²) < 4.78 is 5.63. The van der Waals surface area contributed by atoms with Crippen molar-refractivity contribution in [2.24, 2.45) is 0 Å². The van der Waals surface area contributed by atoms with Gasteiger partial charge in [-0.05, 0) is 31.4 Å². The van der Waals surface area contributed by atoms with Crippen molar-refractivity contribution in [1.82, 2.24) is 4.90 Å². The average Bonchev–Trinajstić information content (AvgIpc) is 2.44. The predicted octanol–water partition coefficient (Wildman–Crippen LogP) is 2.78. The van der Waals surface area contributed by atoms with Crippen LogP contribution in [-0.2, 0) is 11.2 Å². The Hall–Kier alpha value is -0.900. The van der Waals surface area contributed by atoms with Gasteiger partial charge in [-0.15, -0.1) is 0 Å². The van der Waals surface area contributed by atoms with Crippen LogP contribution in [0.4, 0.5) is 0 Å². The Kier molecular flexibility index (Phi) is 5.58. The molecule has 1 fully saturated rings. The molecular weight excluding hydrogens is 250 g/mol.